The van der Waals surface area contributed by atoms with Gasteiger partial charge in [0.25, 0.3) is 0 Å². The van der Waals surface area contributed by atoms with Gasteiger partial charge in [-0.2, -0.15) is 13.2 Å². The molecular formula is C10H12F3N3O3S. The van der Waals surface area contributed by atoms with E-state index in [9.17, 15) is 26.4 Å². The molecule has 112 valence electrons. The van der Waals surface area contributed by atoms with E-state index in [4.69, 9.17) is 5.14 Å². The highest BCUT2D eigenvalue weighted by Crippen LogP contribution is 2.22. The van der Waals surface area contributed by atoms with E-state index in [0.717, 1.165) is 0 Å². The number of anilines is 1. The van der Waals surface area contributed by atoms with Crippen LogP contribution < -0.4 is 15.8 Å². The normalized spacial score (nSPS) is 12.1. The molecule has 0 saturated heterocycles. The molecular weight excluding hydrogens is 299 g/mol. The summed E-state index contributed by atoms with van der Waals surface area (Å²) in [5.41, 5.74) is 0.188. The van der Waals surface area contributed by atoms with Crippen molar-refractivity contribution in [3.8, 4) is 0 Å². The maximum Gasteiger partial charge on any atom is 0.405 e. The molecule has 0 radical (unpaired) electrons. The van der Waals surface area contributed by atoms with Crippen LogP contribution in [0.25, 0.3) is 0 Å². The average molecular weight is 311 g/mol. The van der Waals surface area contributed by atoms with Gasteiger partial charge < -0.3 is 10.6 Å². The predicted octanol–water partition coefficient (Wildman–Crippen LogP) is 1.33. The Hall–Kier alpha value is -1.81. The predicted molar refractivity (Wildman–Crippen MR) is 65.6 cm³/mol. The highest BCUT2D eigenvalue weighted by Gasteiger charge is 2.27. The van der Waals surface area contributed by atoms with E-state index in [1.165, 1.54) is 25.1 Å². The molecule has 20 heavy (non-hydrogen) atoms. The van der Waals surface area contributed by atoms with E-state index in [-0.39, 0.29) is 16.1 Å². The summed E-state index contributed by atoms with van der Waals surface area (Å²) in [4.78, 5) is 11.1. The van der Waals surface area contributed by atoms with Gasteiger partial charge in [0.05, 0.1) is 4.90 Å². The van der Waals surface area contributed by atoms with Gasteiger partial charge in [0.2, 0.25) is 10.0 Å². The smallest absolute Gasteiger partial charge is 0.329 e. The summed E-state index contributed by atoms with van der Waals surface area (Å²) < 4.78 is 58.2. The maximum atomic E-state index is 11.9. The van der Waals surface area contributed by atoms with Crippen molar-refractivity contribution in [3.05, 3.63) is 23.8 Å². The molecule has 0 heterocycles. The monoisotopic (exact) mass is 311 g/mol. The van der Waals surface area contributed by atoms with Gasteiger partial charge in [-0.3, -0.25) is 0 Å². The standard InChI is InChI=1S/C10H12F3N3O3S/c1-6-7(3-2-4-8(6)20(14,18)19)16-9(17)15-5-10(11,12)13/h2-4H,5H2,1H3,(H2,14,18,19)(H2,15,16,17). The topological polar surface area (TPSA) is 101 Å². The van der Waals surface area contributed by atoms with Crippen molar-refractivity contribution in [2.75, 3.05) is 11.9 Å². The van der Waals surface area contributed by atoms with Gasteiger partial charge >= 0.3 is 12.2 Å². The van der Waals surface area contributed by atoms with Crippen LogP contribution in [0.4, 0.5) is 23.7 Å². The first kappa shape index (κ1) is 16.2. The van der Waals surface area contributed by atoms with Crippen LogP contribution in [-0.2, 0) is 10.0 Å². The molecule has 0 aliphatic heterocycles. The molecule has 0 bridgehead atoms. The molecule has 2 amide bonds. The second-order valence-electron chi connectivity index (χ2n) is 3.90. The lowest BCUT2D eigenvalue weighted by molar-refractivity contribution is -0.122. The molecule has 0 spiro atoms. The fourth-order valence-corrected chi connectivity index (χ4v) is 2.21. The van der Waals surface area contributed by atoms with Gasteiger partial charge in [0.15, 0.2) is 0 Å². The van der Waals surface area contributed by atoms with E-state index in [2.05, 4.69) is 5.32 Å². The van der Waals surface area contributed by atoms with Crippen molar-refractivity contribution in [1.82, 2.24) is 5.32 Å². The number of alkyl halides is 3. The fraction of sp³-hybridized carbons (Fsp3) is 0.300. The summed E-state index contributed by atoms with van der Waals surface area (Å²) in [5.74, 6) is 0. The van der Waals surface area contributed by atoms with Crippen molar-refractivity contribution in [2.45, 2.75) is 18.0 Å². The third-order valence-corrected chi connectivity index (χ3v) is 3.34. The molecule has 0 aromatic heterocycles. The van der Waals surface area contributed by atoms with Crippen molar-refractivity contribution >= 4 is 21.7 Å². The number of hydrogen-bond donors (Lipinski definition) is 3. The van der Waals surface area contributed by atoms with Crippen molar-refractivity contribution in [1.29, 1.82) is 0 Å². The molecule has 4 N–H and O–H groups in total. The van der Waals surface area contributed by atoms with Crippen LogP contribution in [0.15, 0.2) is 23.1 Å². The van der Waals surface area contributed by atoms with Crippen LogP contribution in [-0.4, -0.2) is 27.2 Å². The number of nitrogens with two attached hydrogens (primary N) is 1. The lowest BCUT2D eigenvalue weighted by atomic mass is 10.2. The van der Waals surface area contributed by atoms with Crippen LogP contribution in [0.5, 0.6) is 0 Å². The molecule has 0 aliphatic carbocycles. The summed E-state index contributed by atoms with van der Waals surface area (Å²) in [6, 6.07) is 2.78. The van der Waals surface area contributed by atoms with E-state index >= 15 is 0 Å². The van der Waals surface area contributed by atoms with Crippen LogP contribution in [0.3, 0.4) is 0 Å². The Morgan fingerprint density at radius 1 is 1.35 bits per heavy atom. The van der Waals surface area contributed by atoms with E-state index in [1.807, 2.05) is 0 Å². The Kier molecular flexibility index (Phi) is 4.61. The summed E-state index contributed by atoms with van der Waals surface area (Å²) in [6.07, 6.45) is -4.53. The summed E-state index contributed by atoms with van der Waals surface area (Å²) in [5, 5.41) is 8.69. The zero-order valence-corrected chi connectivity index (χ0v) is 11.1. The number of urea groups is 1. The number of carbonyl (C=O) groups is 1. The third-order valence-electron chi connectivity index (χ3n) is 2.29. The summed E-state index contributed by atoms with van der Waals surface area (Å²) in [6.45, 7) is -0.119. The summed E-state index contributed by atoms with van der Waals surface area (Å²) in [7, 11) is -3.98. The highest BCUT2D eigenvalue weighted by molar-refractivity contribution is 7.89. The number of benzene rings is 1. The fourth-order valence-electron chi connectivity index (χ4n) is 1.41. The molecule has 6 nitrogen and oxygen atoms in total. The number of hydrogen-bond acceptors (Lipinski definition) is 3. The zero-order chi connectivity index (χ0) is 15.6. The molecule has 10 heteroatoms. The molecule has 1 rings (SSSR count). The first-order valence-electron chi connectivity index (χ1n) is 5.25. The Morgan fingerprint density at radius 2 is 1.95 bits per heavy atom. The van der Waals surface area contributed by atoms with Crippen LogP contribution >= 0.6 is 0 Å². The Labute approximate surface area is 113 Å². The Bertz CT molecular complexity index is 614. The van der Waals surface area contributed by atoms with Gasteiger partial charge in [-0.05, 0) is 24.6 Å². The van der Waals surface area contributed by atoms with Crippen LogP contribution in [0.2, 0.25) is 0 Å². The minimum Gasteiger partial charge on any atom is -0.329 e. The number of rotatable bonds is 3. The van der Waals surface area contributed by atoms with Crippen molar-refractivity contribution in [3.63, 3.8) is 0 Å². The minimum atomic E-state index is -4.53. The second-order valence-corrected chi connectivity index (χ2v) is 5.43. The SMILES string of the molecule is Cc1c(NC(=O)NCC(F)(F)F)cccc1S(N)(=O)=O. The largest absolute Gasteiger partial charge is 0.405 e. The number of primary sulfonamides is 1. The van der Waals surface area contributed by atoms with Gasteiger partial charge in [0.1, 0.15) is 6.54 Å². The highest BCUT2D eigenvalue weighted by atomic mass is 32.2. The number of amides is 2. The lowest BCUT2D eigenvalue weighted by Gasteiger charge is -2.13. The van der Waals surface area contributed by atoms with Gasteiger partial charge in [0, 0.05) is 5.69 Å². The molecule has 0 fully saturated rings. The first-order chi connectivity index (χ1) is 9.00. The molecule has 0 atom stereocenters. The molecule has 1 aromatic carbocycles. The number of halogens is 3. The van der Waals surface area contributed by atoms with Gasteiger partial charge in [-0.15, -0.1) is 0 Å². The number of nitrogens with one attached hydrogen (secondary N) is 2. The average Bonchev–Trinajstić information content (AvgIpc) is 2.27. The number of sulfonamides is 1. The van der Waals surface area contributed by atoms with Crippen molar-refractivity contribution < 1.29 is 26.4 Å². The molecule has 0 unspecified atom stereocenters. The number of carbonyl (C=O) groups excluding carboxylic acids is 1. The first-order valence-corrected chi connectivity index (χ1v) is 6.79. The maximum absolute atomic E-state index is 11.9. The van der Waals surface area contributed by atoms with Crippen LogP contribution in [0.1, 0.15) is 5.56 Å². The summed E-state index contributed by atoms with van der Waals surface area (Å²) >= 11 is 0. The Morgan fingerprint density at radius 3 is 2.45 bits per heavy atom. The van der Waals surface area contributed by atoms with E-state index in [0.29, 0.717) is 0 Å². The lowest BCUT2D eigenvalue weighted by Crippen LogP contribution is -2.36. The minimum absolute atomic E-state index is 0.0520. The third kappa shape index (κ3) is 4.70. The van der Waals surface area contributed by atoms with Gasteiger partial charge in [-0.1, -0.05) is 6.07 Å². The molecule has 0 aliphatic rings. The van der Waals surface area contributed by atoms with Gasteiger partial charge in [-0.25, -0.2) is 18.4 Å². The van der Waals surface area contributed by atoms with Crippen LogP contribution in [0, 0.1) is 6.92 Å². The Balaban J connectivity index is 2.87. The second kappa shape index (κ2) is 5.67. The quantitative estimate of drug-likeness (QED) is 0.784. The van der Waals surface area contributed by atoms with E-state index < -0.39 is 28.8 Å². The molecule has 1 aromatic rings. The zero-order valence-electron chi connectivity index (χ0n) is 10.3. The van der Waals surface area contributed by atoms with Crippen molar-refractivity contribution in [2.24, 2.45) is 5.14 Å². The van der Waals surface area contributed by atoms with E-state index in [1.54, 1.807) is 5.32 Å². The molecule has 0 saturated carbocycles.